The molecule has 2 nitrogen and oxygen atoms in total. The van der Waals surface area contributed by atoms with E-state index in [1.54, 1.807) is 12.2 Å². The molecule has 0 fully saturated rings. The Balaban J connectivity index is 2.48. The smallest absolute Gasteiger partial charge is 0.178 e. The maximum atomic E-state index is 10.9. The predicted molar refractivity (Wildman–Crippen MR) is 51.3 cm³/mol. The lowest BCUT2D eigenvalue weighted by Crippen LogP contribution is -2.13. The van der Waals surface area contributed by atoms with Gasteiger partial charge in [0.2, 0.25) is 0 Å². The van der Waals surface area contributed by atoms with E-state index in [9.17, 15) is 9.59 Å². The van der Waals surface area contributed by atoms with Gasteiger partial charge in [0.05, 0.1) is 0 Å². The van der Waals surface area contributed by atoms with Crippen molar-refractivity contribution in [2.75, 3.05) is 0 Å². The van der Waals surface area contributed by atoms with Crippen molar-refractivity contribution in [3.63, 3.8) is 0 Å². The molecular formula is C11H14O2. The molecule has 0 heterocycles. The van der Waals surface area contributed by atoms with Gasteiger partial charge in [0.25, 0.3) is 0 Å². The number of carbonyl (C=O) groups is 2. The summed E-state index contributed by atoms with van der Waals surface area (Å²) in [6.45, 7) is 2.07. The molecule has 0 amide bonds. The van der Waals surface area contributed by atoms with E-state index in [2.05, 4.69) is 6.92 Å². The molecule has 0 saturated heterocycles. The molecule has 0 aromatic heterocycles. The maximum Gasteiger partial charge on any atom is 0.178 e. The van der Waals surface area contributed by atoms with Crippen LogP contribution in [0.4, 0.5) is 0 Å². The number of rotatable bonds is 4. The number of hydrogen-bond acceptors (Lipinski definition) is 2. The van der Waals surface area contributed by atoms with Crippen molar-refractivity contribution in [2.45, 2.75) is 26.2 Å². The number of aldehydes is 1. The molecule has 0 spiro atoms. The Bertz CT molecular complexity index is 245. The predicted octanol–water partition coefficient (Wildman–Crippen LogP) is 2.06. The average Bonchev–Trinajstić information content (AvgIpc) is 2.12. The van der Waals surface area contributed by atoms with Gasteiger partial charge >= 0.3 is 0 Å². The SMILES string of the molecule is CC1(CCCC=O)C=CC(=O)C=C1. The molecule has 0 atom stereocenters. The van der Waals surface area contributed by atoms with Crippen LogP contribution < -0.4 is 0 Å². The average molecular weight is 178 g/mol. The summed E-state index contributed by atoms with van der Waals surface area (Å²) in [6.07, 6.45) is 10.4. The molecule has 1 aliphatic rings. The fourth-order valence-corrected chi connectivity index (χ4v) is 1.39. The maximum absolute atomic E-state index is 10.9. The van der Waals surface area contributed by atoms with Crippen LogP contribution in [0.25, 0.3) is 0 Å². The van der Waals surface area contributed by atoms with Crippen LogP contribution in [0.2, 0.25) is 0 Å². The fourth-order valence-electron chi connectivity index (χ4n) is 1.39. The molecular weight excluding hydrogens is 164 g/mol. The molecule has 2 heteroatoms. The van der Waals surface area contributed by atoms with Crippen molar-refractivity contribution in [3.8, 4) is 0 Å². The minimum Gasteiger partial charge on any atom is -0.303 e. The monoisotopic (exact) mass is 178 g/mol. The van der Waals surface area contributed by atoms with E-state index in [-0.39, 0.29) is 11.2 Å². The van der Waals surface area contributed by atoms with Crippen molar-refractivity contribution in [3.05, 3.63) is 24.3 Å². The molecule has 13 heavy (non-hydrogen) atoms. The third-order valence-corrected chi connectivity index (χ3v) is 2.29. The summed E-state index contributed by atoms with van der Waals surface area (Å²) in [5.74, 6) is 0.0489. The summed E-state index contributed by atoms with van der Waals surface area (Å²) in [6, 6.07) is 0. The molecule has 0 saturated carbocycles. The van der Waals surface area contributed by atoms with Gasteiger partial charge in [0.15, 0.2) is 5.78 Å². The highest BCUT2D eigenvalue weighted by atomic mass is 16.1. The topological polar surface area (TPSA) is 34.1 Å². The number of hydrogen-bond donors (Lipinski definition) is 0. The van der Waals surface area contributed by atoms with Crippen molar-refractivity contribution in [2.24, 2.45) is 5.41 Å². The van der Waals surface area contributed by atoms with Crippen molar-refractivity contribution >= 4 is 12.1 Å². The largest absolute Gasteiger partial charge is 0.303 e. The normalized spacial score (nSPS) is 19.0. The van der Waals surface area contributed by atoms with Gasteiger partial charge in [-0.2, -0.15) is 0 Å². The Morgan fingerprint density at radius 1 is 1.38 bits per heavy atom. The first kappa shape index (κ1) is 9.90. The van der Waals surface area contributed by atoms with E-state index < -0.39 is 0 Å². The summed E-state index contributed by atoms with van der Waals surface area (Å²) in [5, 5.41) is 0. The Morgan fingerprint density at radius 3 is 2.54 bits per heavy atom. The van der Waals surface area contributed by atoms with Gasteiger partial charge in [0, 0.05) is 11.8 Å². The zero-order valence-corrected chi connectivity index (χ0v) is 7.82. The highest BCUT2D eigenvalue weighted by molar-refractivity contribution is 6.00. The molecule has 1 aliphatic carbocycles. The summed E-state index contributed by atoms with van der Waals surface area (Å²) >= 11 is 0. The van der Waals surface area contributed by atoms with E-state index in [1.165, 1.54) is 0 Å². The first-order valence-corrected chi connectivity index (χ1v) is 4.52. The van der Waals surface area contributed by atoms with Gasteiger partial charge in [-0.15, -0.1) is 0 Å². The Labute approximate surface area is 78.3 Å². The van der Waals surface area contributed by atoms with E-state index in [4.69, 9.17) is 0 Å². The zero-order chi connectivity index (χ0) is 9.73. The molecule has 0 bridgehead atoms. The van der Waals surface area contributed by atoms with E-state index >= 15 is 0 Å². The third kappa shape index (κ3) is 2.98. The summed E-state index contributed by atoms with van der Waals surface area (Å²) < 4.78 is 0. The van der Waals surface area contributed by atoms with Gasteiger partial charge in [-0.25, -0.2) is 0 Å². The van der Waals surface area contributed by atoms with Crippen LogP contribution in [0, 0.1) is 5.41 Å². The molecule has 0 N–H and O–H groups in total. The molecule has 0 unspecified atom stereocenters. The lowest BCUT2D eigenvalue weighted by atomic mass is 9.81. The van der Waals surface area contributed by atoms with Gasteiger partial charge in [-0.05, 0) is 25.0 Å². The van der Waals surface area contributed by atoms with E-state index in [0.29, 0.717) is 6.42 Å². The second-order valence-electron chi connectivity index (χ2n) is 3.63. The highest BCUT2D eigenvalue weighted by Gasteiger charge is 2.19. The van der Waals surface area contributed by atoms with Crippen LogP contribution in [0.15, 0.2) is 24.3 Å². The Kier molecular flexibility index (Phi) is 3.18. The lowest BCUT2D eigenvalue weighted by molar-refractivity contribution is -0.110. The quantitative estimate of drug-likeness (QED) is 0.487. The number of carbonyl (C=O) groups excluding carboxylic acids is 2. The van der Waals surface area contributed by atoms with Gasteiger partial charge < -0.3 is 4.79 Å². The second-order valence-corrected chi connectivity index (χ2v) is 3.63. The zero-order valence-electron chi connectivity index (χ0n) is 7.82. The Hall–Kier alpha value is -1.18. The van der Waals surface area contributed by atoms with Crippen LogP contribution in [-0.4, -0.2) is 12.1 Å². The highest BCUT2D eigenvalue weighted by Crippen LogP contribution is 2.29. The number of unbranched alkanes of at least 4 members (excludes halogenated alkanes) is 1. The minimum atomic E-state index is -0.0308. The first-order chi connectivity index (χ1) is 6.16. The second kappa shape index (κ2) is 4.17. The molecule has 0 aliphatic heterocycles. The molecule has 0 aromatic carbocycles. The summed E-state index contributed by atoms with van der Waals surface area (Å²) in [5.41, 5.74) is -0.0308. The minimum absolute atomic E-state index is 0.0308. The summed E-state index contributed by atoms with van der Waals surface area (Å²) in [7, 11) is 0. The van der Waals surface area contributed by atoms with Crippen LogP contribution in [0.5, 0.6) is 0 Å². The standard InChI is InChI=1S/C11H14O2/c1-11(6-2-3-9-12)7-4-10(13)5-8-11/h4-5,7-9H,2-3,6H2,1H3. The van der Waals surface area contributed by atoms with Gasteiger partial charge in [-0.3, -0.25) is 4.79 Å². The molecule has 0 radical (unpaired) electrons. The third-order valence-electron chi connectivity index (χ3n) is 2.29. The molecule has 70 valence electrons. The fraction of sp³-hybridized carbons (Fsp3) is 0.455. The van der Waals surface area contributed by atoms with Crippen LogP contribution in [0.1, 0.15) is 26.2 Å². The first-order valence-electron chi connectivity index (χ1n) is 4.52. The Morgan fingerprint density at radius 2 is 2.00 bits per heavy atom. The number of allylic oxidation sites excluding steroid dienone is 4. The van der Waals surface area contributed by atoms with Gasteiger partial charge in [-0.1, -0.05) is 19.1 Å². The molecule has 1 rings (SSSR count). The van der Waals surface area contributed by atoms with E-state index in [0.717, 1.165) is 19.1 Å². The van der Waals surface area contributed by atoms with Crippen molar-refractivity contribution in [1.82, 2.24) is 0 Å². The number of ketones is 1. The van der Waals surface area contributed by atoms with Crippen molar-refractivity contribution in [1.29, 1.82) is 0 Å². The summed E-state index contributed by atoms with van der Waals surface area (Å²) in [4.78, 5) is 21.0. The van der Waals surface area contributed by atoms with Crippen LogP contribution >= 0.6 is 0 Å². The van der Waals surface area contributed by atoms with Crippen LogP contribution in [-0.2, 0) is 9.59 Å². The lowest BCUT2D eigenvalue weighted by Gasteiger charge is -2.23. The van der Waals surface area contributed by atoms with Crippen LogP contribution in [0.3, 0.4) is 0 Å². The van der Waals surface area contributed by atoms with Gasteiger partial charge in [0.1, 0.15) is 6.29 Å². The van der Waals surface area contributed by atoms with Crippen molar-refractivity contribution < 1.29 is 9.59 Å². The van der Waals surface area contributed by atoms with E-state index in [1.807, 2.05) is 12.2 Å². The molecule has 0 aromatic rings.